The van der Waals surface area contributed by atoms with Crippen molar-refractivity contribution in [3.63, 3.8) is 0 Å². The van der Waals surface area contributed by atoms with Crippen LogP contribution in [0.15, 0.2) is 48.7 Å². The van der Waals surface area contributed by atoms with E-state index in [4.69, 9.17) is 9.47 Å². The summed E-state index contributed by atoms with van der Waals surface area (Å²) in [5.41, 5.74) is 2.06. The van der Waals surface area contributed by atoms with Gasteiger partial charge in [-0.1, -0.05) is 18.2 Å². The van der Waals surface area contributed by atoms with Crippen molar-refractivity contribution in [3.8, 4) is 11.5 Å². The van der Waals surface area contributed by atoms with Gasteiger partial charge in [-0.25, -0.2) is 0 Å². The van der Waals surface area contributed by atoms with Crippen molar-refractivity contribution < 1.29 is 19.1 Å². The SMILES string of the molecule is O=Cc1cn(CC(=O)Nc2ccc3c(c2)OCCO3)c2ccccc12. The molecule has 0 unspecified atom stereocenters. The van der Waals surface area contributed by atoms with Gasteiger partial charge in [-0.3, -0.25) is 9.59 Å². The molecule has 1 aromatic heterocycles. The summed E-state index contributed by atoms with van der Waals surface area (Å²) in [4.78, 5) is 23.6. The van der Waals surface area contributed by atoms with Gasteiger partial charge in [0.2, 0.25) is 5.91 Å². The molecule has 126 valence electrons. The Kier molecular flexibility index (Phi) is 3.85. The normalized spacial score (nSPS) is 12.8. The molecule has 0 bridgehead atoms. The van der Waals surface area contributed by atoms with Gasteiger partial charge in [-0.2, -0.15) is 0 Å². The summed E-state index contributed by atoms with van der Waals surface area (Å²) in [5, 5.41) is 3.69. The number of nitrogens with one attached hydrogen (secondary N) is 1. The summed E-state index contributed by atoms with van der Waals surface area (Å²) < 4.78 is 12.8. The third-order valence-corrected chi connectivity index (χ3v) is 4.09. The topological polar surface area (TPSA) is 69.6 Å². The summed E-state index contributed by atoms with van der Waals surface area (Å²) in [6.07, 6.45) is 2.50. The van der Waals surface area contributed by atoms with Crippen molar-refractivity contribution in [3.05, 3.63) is 54.2 Å². The van der Waals surface area contributed by atoms with E-state index >= 15 is 0 Å². The molecule has 1 aliphatic rings. The molecule has 1 N–H and O–H groups in total. The van der Waals surface area contributed by atoms with Crippen LogP contribution >= 0.6 is 0 Å². The fourth-order valence-electron chi connectivity index (χ4n) is 2.98. The molecule has 0 fully saturated rings. The standard InChI is InChI=1S/C19H16N2O4/c22-12-13-10-21(16-4-2-1-3-15(13)16)11-19(23)20-14-5-6-17-18(9-14)25-8-7-24-17/h1-6,9-10,12H,7-8,11H2,(H,20,23). The van der Waals surface area contributed by atoms with Gasteiger partial charge >= 0.3 is 0 Å². The lowest BCUT2D eigenvalue weighted by atomic mass is 10.2. The number of amides is 1. The van der Waals surface area contributed by atoms with Crippen LogP contribution in [0, 0.1) is 0 Å². The number of para-hydroxylation sites is 1. The molecule has 0 atom stereocenters. The Morgan fingerprint density at radius 2 is 1.92 bits per heavy atom. The van der Waals surface area contributed by atoms with E-state index in [1.807, 2.05) is 24.3 Å². The highest BCUT2D eigenvalue weighted by Gasteiger charge is 2.14. The number of hydrogen-bond donors (Lipinski definition) is 1. The molecule has 2 heterocycles. The zero-order valence-corrected chi connectivity index (χ0v) is 13.4. The van der Waals surface area contributed by atoms with Crippen molar-refractivity contribution in [2.24, 2.45) is 0 Å². The predicted molar refractivity (Wildman–Crippen MR) is 93.4 cm³/mol. The van der Waals surface area contributed by atoms with E-state index in [2.05, 4.69) is 5.32 Å². The highest BCUT2D eigenvalue weighted by atomic mass is 16.6. The molecule has 2 aromatic carbocycles. The van der Waals surface area contributed by atoms with Crippen LogP contribution in [0.3, 0.4) is 0 Å². The molecule has 0 radical (unpaired) electrons. The van der Waals surface area contributed by atoms with Gasteiger partial charge in [0.1, 0.15) is 19.8 Å². The number of benzene rings is 2. The molecular weight excluding hydrogens is 320 g/mol. The van der Waals surface area contributed by atoms with Gasteiger partial charge in [-0.05, 0) is 18.2 Å². The number of ether oxygens (including phenoxy) is 2. The first kappa shape index (κ1) is 15.3. The fraction of sp³-hybridized carbons (Fsp3) is 0.158. The number of carbonyl (C=O) groups is 2. The van der Waals surface area contributed by atoms with E-state index in [0.717, 1.165) is 17.2 Å². The Labute approximate surface area is 144 Å². The Morgan fingerprint density at radius 1 is 1.12 bits per heavy atom. The lowest BCUT2D eigenvalue weighted by Crippen LogP contribution is -2.19. The summed E-state index contributed by atoms with van der Waals surface area (Å²) >= 11 is 0. The monoisotopic (exact) mass is 336 g/mol. The Hall–Kier alpha value is -3.28. The second kappa shape index (κ2) is 6.32. The number of aromatic nitrogens is 1. The zero-order chi connectivity index (χ0) is 17.2. The maximum absolute atomic E-state index is 12.4. The van der Waals surface area contributed by atoms with E-state index < -0.39 is 0 Å². The predicted octanol–water partition coefficient (Wildman–Crippen LogP) is 2.86. The first-order valence-electron chi connectivity index (χ1n) is 7.97. The van der Waals surface area contributed by atoms with Crippen molar-refractivity contribution in [1.29, 1.82) is 0 Å². The number of anilines is 1. The molecule has 0 aliphatic carbocycles. The lowest BCUT2D eigenvalue weighted by Gasteiger charge is -2.19. The Bertz CT molecular complexity index is 961. The van der Waals surface area contributed by atoms with Crippen LogP contribution in [-0.4, -0.2) is 30.0 Å². The average molecular weight is 336 g/mol. The highest BCUT2D eigenvalue weighted by molar-refractivity contribution is 5.99. The Balaban J connectivity index is 1.54. The summed E-state index contributed by atoms with van der Waals surface area (Å²) in [7, 11) is 0. The van der Waals surface area contributed by atoms with Gasteiger partial charge in [0, 0.05) is 34.4 Å². The minimum absolute atomic E-state index is 0.114. The van der Waals surface area contributed by atoms with Crippen molar-refractivity contribution >= 4 is 28.8 Å². The quantitative estimate of drug-likeness (QED) is 0.744. The number of carbonyl (C=O) groups excluding carboxylic acids is 2. The second-order valence-corrected chi connectivity index (χ2v) is 5.75. The van der Waals surface area contributed by atoms with Gasteiger partial charge in [-0.15, -0.1) is 0 Å². The number of aldehydes is 1. The summed E-state index contributed by atoms with van der Waals surface area (Å²) in [5.74, 6) is 1.12. The van der Waals surface area contributed by atoms with Crippen LogP contribution in [0.1, 0.15) is 10.4 Å². The van der Waals surface area contributed by atoms with Crippen LogP contribution in [0.4, 0.5) is 5.69 Å². The molecule has 6 nitrogen and oxygen atoms in total. The molecule has 1 amide bonds. The molecule has 0 spiro atoms. The smallest absolute Gasteiger partial charge is 0.244 e. The van der Waals surface area contributed by atoms with Crippen LogP contribution in [0.2, 0.25) is 0 Å². The van der Waals surface area contributed by atoms with Gasteiger partial charge in [0.05, 0.1) is 0 Å². The third-order valence-electron chi connectivity index (χ3n) is 4.09. The summed E-state index contributed by atoms with van der Waals surface area (Å²) in [6, 6.07) is 12.8. The van der Waals surface area contributed by atoms with Crippen LogP contribution < -0.4 is 14.8 Å². The van der Waals surface area contributed by atoms with Crippen LogP contribution in [0.25, 0.3) is 10.9 Å². The first-order valence-corrected chi connectivity index (χ1v) is 7.97. The minimum Gasteiger partial charge on any atom is -0.486 e. The van der Waals surface area contributed by atoms with Crippen molar-refractivity contribution in [1.82, 2.24) is 4.57 Å². The molecule has 1 aliphatic heterocycles. The van der Waals surface area contributed by atoms with E-state index in [9.17, 15) is 9.59 Å². The van der Waals surface area contributed by atoms with Gasteiger partial charge in [0.15, 0.2) is 17.8 Å². The van der Waals surface area contributed by atoms with E-state index in [-0.39, 0.29) is 12.5 Å². The first-order chi connectivity index (χ1) is 12.2. The molecule has 6 heteroatoms. The summed E-state index contributed by atoms with van der Waals surface area (Å²) in [6.45, 7) is 1.13. The molecule has 0 saturated heterocycles. The lowest BCUT2D eigenvalue weighted by molar-refractivity contribution is -0.116. The van der Waals surface area contributed by atoms with Gasteiger partial charge < -0.3 is 19.4 Å². The maximum atomic E-state index is 12.4. The molecule has 4 rings (SSSR count). The van der Waals surface area contributed by atoms with E-state index in [1.165, 1.54) is 0 Å². The Morgan fingerprint density at radius 3 is 2.76 bits per heavy atom. The minimum atomic E-state index is -0.185. The highest BCUT2D eigenvalue weighted by Crippen LogP contribution is 2.32. The van der Waals surface area contributed by atoms with Crippen molar-refractivity contribution in [2.75, 3.05) is 18.5 Å². The second-order valence-electron chi connectivity index (χ2n) is 5.75. The molecule has 25 heavy (non-hydrogen) atoms. The molecular formula is C19H16N2O4. The zero-order valence-electron chi connectivity index (χ0n) is 13.4. The van der Waals surface area contributed by atoms with Crippen molar-refractivity contribution in [2.45, 2.75) is 6.54 Å². The number of hydrogen-bond acceptors (Lipinski definition) is 4. The number of fused-ring (bicyclic) bond motifs is 2. The maximum Gasteiger partial charge on any atom is 0.244 e. The van der Waals surface area contributed by atoms with Crippen LogP contribution in [0.5, 0.6) is 11.5 Å². The largest absolute Gasteiger partial charge is 0.486 e. The molecule has 0 saturated carbocycles. The number of rotatable bonds is 4. The van der Waals surface area contributed by atoms with Gasteiger partial charge in [0.25, 0.3) is 0 Å². The number of nitrogens with zero attached hydrogens (tertiary/aromatic N) is 1. The fourth-order valence-corrected chi connectivity index (χ4v) is 2.98. The molecule has 3 aromatic rings. The van der Waals surface area contributed by atoms with Crippen LogP contribution in [-0.2, 0) is 11.3 Å². The average Bonchev–Trinajstić information content (AvgIpc) is 2.99. The van der Waals surface area contributed by atoms with E-state index in [0.29, 0.717) is 36.0 Å². The van der Waals surface area contributed by atoms with E-state index in [1.54, 1.807) is 29.0 Å². The third kappa shape index (κ3) is 2.94.